The van der Waals surface area contributed by atoms with Crippen LogP contribution in [-0.4, -0.2) is 91.4 Å². The Balaban J connectivity index is 0.000000122. The maximum absolute atomic E-state index is 12.9. The monoisotopic (exact) mass is 1110 g/mol. The second-order valence-electron chi connectivity index (χ2n) is 22.3. The van der Waals surface area contributed by atoms with Crippen molar-refractivity contribution in [3.63, 3.8) is 0 Å². The van der Waals surface area contributed by atoms with E-state index in [1.165, 1.54) is 39.4 Å². The summed E-state index contributed by atoms with van der Waals surface area (Å²) >= 11 is 0. The van der Waals surface area contributed by atoms with Gasteiger partial charge in [0.15, 0.2) is 16.9 Å². The van der Waals surface area contributed by atoms with Crippen LogP contribution in [0.1, 0.15) is 136 Å². The summed E-state index contributed by atoms with van der Waals surface area (Å²) in [6.07, 6.45) is 18.9. The minimum atomic E-state index is -0.280. The standard InChI is InChI=1S/C20H24N6O2.C19H22N6O2.C19H24N6O2/c1-2-9-25-18-16(19(27)26(20(25)28)14-6-7-14)23-17(24-18)13-5-8-15(22-11-13)21-10-12-3-4-12;1-2-9-24-17-15(18(26)25(19(24)27)13-6-7-13)22-16(23-17)11-3-8-14(20-10-11)21-12-4-5-12;1-3-9-20-14-8-5-12(11-21-14)16-22-15-17(23-16)24(10-4-2)19(27)25(18(15)26)13-6-7-13/h5,8,11-12,14H,2-4,6-7,9-10H2,1H3,(H,21,22)(H,23,24);3,8,10,12-13H,2,4-7,9H2,1H3,(H,20,21)(H,22,23);5,8,11,13H,3-4,6-7,9-10H2,1-2H3,(H,20,21)(H,22,23). The molecule has 24 heteroatoms. The molecule has 6 N–H and O–H groups in total. The molecule has 9 aromatic rings. The van der Waals surface area contributed by atoms with Gasteiger partial charge in [-0.1, -0.05) is 27.7 Å². The predicted octanol–water partition coefficient (Wildman–Crippen LogP) is 7.30. The van der Waals surface area contributed by atoms with Gasteiger partial charge in [0.25, 0.3) is 16.7 Å². The molecule has 428 valence electrons. The average molecular weight is 1120 g/mol. The first-order chi connectivity index (χ1) is 39.9. The van der Waals surface area contributed by atoms with Crippen LogP contribution in [0.4, 0.5) is 17.5 Å². The van der Waals surface area contributed by atoms with Gasteiger partial charge in [0.2, 0.25) is 0 Å². The van der Waals surface area contributed by atoms with Crippen molar-refractivity contribution in [3.05, 3.63) is 118 Å². The molecule has 82 heavy (non-hydrogen) atoms. The van der Waals surface area contributed by atoms with Gasteiger partial charge in [-0.25, -0.2) is 44.3 Å². The lowest BCUT2D eigenvalue weighted by atomic mass is 10.2. The zero-order chi connectivity index (χ0) is 56.8. The zero-order valence-electron chi connectivity index (χ0n) is 46.8. The molecule has 0 aromatic carbocycles. The number of fused-ring (bicyclic) bond motifs is 3. The molecule has 0 radical (unpaired) electrons. The van der Waals surface area contributed by atoms with Gasteiger partial charge in [0.1, 0.15) is 51.5 Å². The highest BCUT2D eigenvalue weighted by Crippen LogP contribution is 2.35. The van der Waals surface area contributed by atoms with Crippen LogP contribution < -0.4 is 49.7 Å². The Kier molecular flexibility index (Phi) is 14.9. The molecular formula is C58H70N18O6. The molecule has 0 spiro atoms. The maximum Gasteiger partial charge on any atom is 0.333 e. The highest BCUT2D eigenvalue weighted by Gasteiger charge is 2.33. The predicted molar refractivity (Wildman–Crippen MR) is 316 cm³/mol. The molecule has 9 aromatic heterocycles. The van der Waals surface area contributed by atoms with Crippen molar-refractivity contribution < 1.29 is 0 Å². The molecule has 5 aliphatic carbocycles. The van der Waals surface area contributed by atoms with Crippen molar-refractivity contribution in [2.45, 2.75) is 161 Å². The highest BCUT2D eigenvalue weighted by atomic mass is 16.2. The van der Waals surface area contributed by atoms with Crippen LogP contribution in [0, 0.1) is 5.92 Å². The number of nitrogens with one attached hydrogen (secondary N) is 6. The van der Waals surface area contributed by atoms with Gasteiger partial charge in [-0.15, -0.1) is 0 Å². The molecule has 24 nitrogen and oxygen atoms in total. The first-order valence-corrected chi connectivity index (χ1v) is 29.3. The number of hydrogen-bond donors (Lipinski definition) is 6. The molecule has 5 fully saturated rings. The van der Waals surface area contributed by atoms with E-state index in [0.717, 1.165) is 117 Å². The van der Waals surface area contributed by atoms with E-state index in [0.29, 0.717) is 76.6 Å². The molecule has 9 heterocycles. The van der Waals surface area contributed by atoms with Gasteiger partial charge in [-0.3, -0.25) is 41.8 Å². The van der Waals surface area contributed by atoms with Crippen molar-refractivity contribution in [1.29, 1.82) is 0 Å². The number of imidazole rings is 3. The van der Waals surface area contributed by atoms with Crippen LogP contribution in [-0.2, 0) is 19.6 Å². The van der Waals surface area contributed by atoms with Crippen molar-refractivity contribution in [2.24, 2.45) is 5.92 Å². The van der Waals surface area contributed by atoms with Crippen molar-refractivity contribution >= 4 is 50.9 Å². The SMILES string of the molecule is CCCNc1ccc(-c2nc3c([nH]2)c(=O)n(C2CC2)c(=O)n3CCC)cn1.CCCn1c(=O)n(C2CC2)c(=O)c2[nH]c(-c3ccc(NC4CC4)nc3)nc21.CCCn1c(=O)n(C2CC2)c(=O)c2[nH]c(-c3ccc(NCC4CC4)nc3)nc21. The van der Waals surface area contributed by atoms with Gasteiger partial charge >= 0.3 is 17.1 Å². The third-order valence-electron chi connectivity index (χ3n) is 15.4. The van der Waals surface area contributed by atoms with Crippen LogP contribution in [0.25, 0.3) is 67.7 Å². The average Bonchev–Trinajstić information content (AvgIpc) is 3.31. The fraction of sp³-hybridized carbons (Fsp3) is 0.483. The molecule has 0 unspecified atom stereocenters. The Labute approximate surface area is 469 Å². The van der Waals surface area contributed by atoms with Crippen molar-refractivity contribution in [1.82, 2.24) is 72.3 Å². The lowest BCUT2D eigenvalue weighted by molar-refractivity contribution is 0.571. The van der Waals surface area contributed by atoms with E-state index in [9.17, 15) is 28.8 Å². The fourth-order valence-electron chi connectivity index (χ4n) is 10.2. The molecule has 5 aliphatic rings. The number of nitrogens with zero attached hydrogens (tertiary/aromatic N) is 12. The molecular weight excluding hydrogens is 1040 g/mol. The largest absolute Gasteiger partial charge is 0.370 e. The lowest BCUT2D eigenvalue weighted by Gasteiger charge is -2.09. The van der Waals surface area contributed by atoms with E-state index >= 15 is 0 Å². The molecule has 14 rings (SSSR count). The summed E-state index contributed by atoms with van der Waals surface area (Å²) in [7, 11) is 0. The lowest BCUT2D eigenvalue weighted by Crippen LogP contribution is -2.39. The summed E-state index contributed by atoms with van der Waals surface area (Å²) in [5.74, 6) is 4.93. The fourth-order valence-corrected chi connectivity index (χ4v) is 10.2. The first-order valence-electron chi connectivity index (χ1n) is 29.3. The number of pyridine rings is 3. The highest BCUT2D eigenvalue weighted by molar-refractivity contribution is 5.78. The number of aromatic nitrogens is 15. The van der Waals surface area contributed by atoms with E-state index in [-0.39, 0.29) is 51.9 Å². The normalized spacial score (nSPS) is 15.8. The van der Waals surface area contributed by atoms with E-state index in [1.807, 2.05) is 57.2 Å². The van der Waals surface area contributed by atoms with Crippen molar-refractivity contribution in [3.8, 4) is 34.2 Å². The number of hydrogen-bond acceptors (Lipinski definition) is 15. The number of anilines is 3. The van der Waals surface area contributed by atoms with Crippen LogP contribution in [0.15, 0.2) is 83.8 Å². The summed E-state index contributed by atoms with van der Waals surface area (Å²) in [5, 5.41) is 9.92. The van der Waals surface area contributed by atoms with Crippen LogP contribution in [0.5, 0.6) is 0 Å². The topological polar surface area (TPSA) is 293 Å². The summed E-state index contributed by atoms with van der Waals surface area (Å²) in [5.41, 5.74) is 3.23. The van der Waals surface area contributed by atoms with E-state index < -0.39 is 0 Å². The number of H-pyrrole nitrogens is 3. The Morgan fingerprint density at radius 3 is 1.12 bits per heavy atom. The second kappa shape index (κ2) is 22.7. The maximum atomic E-state index is 12.9. The Hall–Kier alpha value is -8.70. The van der Waals surface area contributed by atoms with Crippen LogP contribution in [0.3, 0.4) is 0 Å². The molecule has 0 bridgehead atoms. The zero-order valence-corrected chi connectivity index (χ0v) is 46.8. The molecule has 0 saturated heterocycles. The third kappa shape index (κ3) is 11.1. The summed E-state index contributed by atoms with van der Waals surface area (Å²) in [6, 6.07) is 12.1. The van der Waals surface area contributed by atoms with Gasteiger partial charge in [-0.2, -0.15) is 0 Å². The van der Waals surface area contributed by atoms with Gasteiger partial charge in [-0.05, 0) is 132 Å². The summed E-state index contributed by atoms with van der Waals surface area (Å²) in [4.78, 5) is 114. The van der Waals surface area contributed by atoms with Gasteiger partial charge < -0.3 is 30.9 Å². The number of aryl methyl sites for hydroxylation is 3. The molecule has 5 saturated carbocycles. The minimum Gasteiger partial charge on any atom is -0.370 e. The minimum absolute atomic E-state index is 0.0230. The Bertz CT molecular complexity index is 4180. The van der Waals surface area contributed by atoms with Gasteiger partial charge in [0, 0.05) is 92.2 Å². The van der Waals surface area contributed by atoms with E-state index in [2.05, 4.69) is 67.7 Å². The van der Waals surface area contributed by atoms with E-state index in [1.54, 1.807) is 32.3 Å². The number of rotatable bonds is 20. The summed E-state index contributed by atoms with van der Waals surface area (Å²) < 4.78 is 9.01. The Morgan fingerprint density at radius 1 is 0.451 bits per heavy atom. The van der Waals surface area contributed by atoms with E-state index in [4.69, 9.17) is 0 Å². The van der Waals surface area contributed by atoms with Crippen LogP contribution >= 0.6 is 0 Å². The quantitative estimate of drug-likeness (QED) is 0.0436. The molecule has 0 aliphatic heterocycles. The first kappa shape index (κ1) is 53.9. The Morgan fingerprint density at radius 2 is 0.817 bits per heavy atom. The smallest absolute Gasteiger partial charge is 0.333 e. The molecule has 0 amide bonds. The summed E-state index contributed by atoms with van der Waals surface area (Å²) in [6.45, 7) is 11.5. The molecule has 0 atom stereocenters. The number of aromatic amines is 3. The van der Waals surface area contributed by atoms with Gasteiger partial charge in [0.05, 0.1) is 0 Å². The van der Waals surface area contributed by atoms with Crippen LogP contribution in [0.2, 0.25) is 0 Å². The van der Waals surface area contributed by atoms with Crippen molar-refractivity contribution in [2.75, 3.05) is 29.0 Å². The second-order valence-corrected chi connectivity index (χ2v) is 22.3. The third-order valence-corrected chi connectivity index (χ3v) is 15.4.